The van der Waals surface area contributed by atoms with E-state index in [-0.39, 0.29) is 30.6 Å². The first kappa shape index (κ1) is 31.8. The Morgan fingerprint density at radius 2 is 1.23 bits per heavy atom. The van der Waals surface area contributed by atoms with Crippen LogP contribution in [-0.4, -0.2) is 90.0 Å². The van der Waals surface area contributed by atoms with Gasteiger partial charge in [-0.1, -0.05) is 46.0 Å². The monoisotopic (exact) mass is 502 g/mol. The van der Waals surface area contributed by atoms with Gasteiger partial charge in [0.2, 0.25) is 11.8 Å². The van der Waals surface area contributed by atoms with Crippen molar-refractivity contribution in [2.24, 2.45) is 5.92 Å². The summed E-state index contributed by atoms with van der Waals surface area (Å²) in [5, 5.41) is 5.77. The summed E-state index contributed by atoms with van der Waals surface area (Å²) >= 11 is 0. The van der Waals surface area contributed by atoms with E-state index >= 15 is 0 Å². The Balaban J connectivity index is 1.79. The average molecular weight is 503 g/mol. The first-order valence-electron chi connectivity index (χ1n) is 13.5. The highest BCUT2D eigenvalue weighted by Gasteiger charge is 2.13. The molecule has 1 rings (SSSR count). The van der Waals surface area contributed by atoms with Crippen molar-refractivity contribution in [1.29, 1.82) is 0 Å². The van der Waals surface area contributed by atoms with Crippen LogP contribution in [0.25, 0.3) is 0 Å². The summed E-state index contributed by atoms with van der Waals surface area (Å²) in [4.78, 5) is 23.6. The van der Waals surface area contributed by atoms with Crippen molar-refractivity contribution < 1.29 is 33.3 Å². The number of carbonyl (C=O) groups excluding carboxylic acids is 2. The Labute approximate surface area is 212 Å². The number of carbonyl (C=O) groups is 2. The topological polar surface area (TPSA) is 104 Å². The molecule has 0 bridgehead atoms. The van der Waals surface area contributed by atoms with Crippen LogP contribution >= 0.6 is 0 Å². The van der Waals surface area contributed by atoms with Gasteiger partial charge in [-0.3, -0.25) is 9.59 Å². The fraction of sp³-hybridized carbons (Fsp3) is 0.923. The molecular weight excluding hydrogens is 452 g/mol. The second kappa shape index (κ2) is 22.0. The fourth-order valence-corrected chi connectivity index (χ4v) is 3.51. The van der Waals surface area contributed by atoms with Gasteiger partial charge in [-0.05, 0) is 25.7 Å². The van der Waals surface area contributed by atoms with Gasteiger partial charge in [0.25, 0.3) is 0 Å². The Morgan fingerprint density at radius 3 is 1.80 bits per heavy atom. The van der Waals surface area contributed by atoms with E-state index in [1.165, 1.54) is 32.1 Å². The maximum atomic E-state index is 11.9. The summed E-state index contributed by atoms with van der Waals surface area (Å²) in [6.45, 7) is 10.4. The number of amides is 2. The molecular formula is C26H50N2O7. The molecule has 0 heterocycles. The van der Waals surface area contributed by atoms with Crippen LogP contribution in [0, 0.1) is 5.92 Å². The molecule has 1 unspecified atom stereocenters. The Kier molecular flexibility index (Phi) is 19.9. The molecule has 0 aromatic carbocycles. The third-order valence-corrected chi connectivity index (χ3v) is 6.05. The quantitative estimate of drug-likeness (QED) is 0.247. The second-order valence-electron chi connectivity index (χ2n) is 9.43. The lowest BCUT2D eigenvalue weighted by atomic mass is 9.99. The minimum absolute atomic E-state index is 0.0134. The minimum Gasteiger partial charge on any atom is -0.379 e. The molecule has 9 nitrogen and oxygen atoms in total. The van der Waals surface area contributed by atoms with Crippen LogP contribution in [0.4, 0.5) is 0 Å². The highest BCUT2D eigenvalue weighted by molar-refractivity contribution is 5.77. The van der Waals surface area contributed by atoms with Gasteiger partial charge in [-0.25, -0.2) is 0 Å². The molecule has 2 amide bonds. The lowest BCUT2D eigenvalue weighted by Crippen LogP contribution is -2.36. The van der Waals surface area contributed by atoms with Gasteiger partial charge in [0.1, 0.15) is 6.61 Å². The zero-order valence-electron chi connectivity index (χ0n) is 22.3. The van der Waals surface area contributed by atoms with Crippen molar-refractivity contribution in [3.8, 4) is 0 Å². The summed E-state index contributed by atoms with van der Waals surface area (Å²) in [6, 6.07) is 0.169. The van der Waals surface area contributed by atoms with Crippen LogP contribution in [0.5, 0.6) is 0 Å². The van der Waals surface area contributed by atoms with Gasteiger partial charge in [0.05, 0.1) is 59.0 Å². The molecule has 1 fully saturated rings. The predicted octanol–water partition coefficient (Wildman–Crippen LogP) is 2.85. The number of rotatable bonds is 20. The zero-order valence-corrected chi connectivity index (χ0v) is 22.3. The summed E-state index contributed by atoms with van der Waals surface area (Å²) < 4.78 is 27.5. The van der Waals surface area contributed by atoms with Crippen molar-refractivity contribution in [2.75, 3.05) is 66.0 Å². The first-order chi connectivity index (χ1) is 17.0. The standard InChI is InChI=1S/C26H50N2O7/c1-22(2)23(3)28-25(29)11-13-31-15-17-33-19-20-34-18-16-32-14-12-27-26(30)21-35-24-9-7-5-4-6-8-10-24/h22-24H,4-21H2,1-3H3,(H,27,30)(H,28,29). The van der Waals surface area contributed by atoms with Gasteiger partial charge in [0.15, 0.2) is 0 Å². The molecule has 1 atom stereocenters. The molecule has 1 aliphatic rings. The van der Waals surface area contributed by atoms with Crippen LogP contribution in [0.3, 0.4) is 0 Å². The second-order valence-corrected chi connectivity index (χ2v) is 9.43. The minimum atomic E-state index is -0.0861. The summed E-state index contributed by atoms with van der Waals surface area (Å²) in [5.41, 5.74) is 0. The first-order valence-corrected chi connectivity index (χ1v) is 13.5. The maximum Gasteiger partial charge on any atom is 0.246 e. The molecule has 9 heteroatoms. The number of nitrogens with one attached hydrogen (secondary N) is 2. The molecule has 0 spiro atoms. The van der Waals surface area contributed by atoms with Crippen LogP contribution < -0.4 is 10.6 Å². The summed E-state index contributed by atoms with van der Waals surface area (Å²) in [5.74, 6) is 0.344. The number of hydrogen-bond donors (Lipinski definition) is 2. The molecule has 0 aromatic rings. The van der Waals surface area contributed by atoms with Crippen LogP contribution in [0.15, 0.2) is 0 Å². The van der Waals surface area contributed by atoms with Crippen molar-refractivity contribution in [1.82, 2.24) is 10.6 Å². The van der Waals surface area contributed by atoms with Crippen molar-refractivity contribution in [3.63, 3.8) is 0 Å². The van der Waals surface area contributed by atoms with E-state index in [1.54, 1.807) is 0 Å². The van der Waals surface area contributed by atoms with Gasteiger partial charge in [-0.15, -0.1) is 0 Å². The van der Waals surface area contributed by atoms with Gasteiger partial charge < -0.3 is 34.3 Å². The van der Waals surface area contributed by atoms with Crippen LogP contribution in [0.2, 0.25) is 0 Å². The van der Waals surface area contributed by atoms with E-state index < -0.39 is 0 Å². The Hall–Kier alpha value is -1.26. The van der Waals surface area contributed by atoms with Gasteiger partial charge >= 0.3 is 0 Å². The van der Waals surface area contributed by atoms with Gasteiger partial charge in [0, 0.05) is 19.0 Å². The van der Waals surface area contributed by atoms with Crippen molar-refractivity contribution in [3.05, 3.63) is 0 Å². The SMILES string of the molecule is CC(C)C(C)NC(=O)CCOCCOCCOCCOCCNC(=O)COC1CCCCCCC1. The Bertz CT molecular complexity index is 526. The predicted molar refractivity (Wildman–Crippen MR) is 135 cm³/mol. The highest BCUT2D eigenvalue weighted by atomic mass is 16.6. The smallest absolute Gasteiger partial charge is 0.246 e. The number of hydrogen-bond acceptors (Lipinski definition) is 7. The van der Waals surface area contributed by atoms with E-state index in [1.807, 2.05) is 6.92 Å². The van der Waals surface area contributed by atoms with E-state index in [0.29, 0.717) is 71.7 Å². The highest BCUT2D eigenvalue weighted by Crippen LogP contribution is 2.19. The molecule has 35 heavy (non-hydrogen) atoms. The third-order valence-electron chi connectivity index (χ3n) is 6.05. The lowest BCUT2D eigenvalue weighted by Gasteiger charge is -2.20. The Morgan fingerprint density at radius 1 is 0.714 bits per heavy atom. The molecule has 0 radical (unpaired) electrons. The van der Waals surface area contributed by atoms with Crippen LogP contribution in [0.1, 0.15) is 72.1 Å². The maximum absolute atomic E-state index is 11.9. The van der Waals surface area contributed by atoms with E-state index in [0.717, 1.165) is 12.8 Å². The lowest BCUT2D eigenvalue weighted by molar-refractivity contribution is -0.128. The van der Waals surface area contributed by atoms with Crippen LogP contribution in [-0.2, 0) is 33.3 Å². The normalized spacial score (nSPS) is 16.0. The summed E-state index contributed by atoms with van der Waals surface area (Å²) in [7, 11) is 0. The molecule has 0 aliphatic heterocycles. The third kappa shape index (κ3) is 19.6. The van der Waals surface area contributed by atoms with Crippen molar-refractivity contribution in [2.45, 2.75) is 84.3 Å². The molecule has 2 N–H and O–H groups in total. The van der Waals surface area contributed by atoms with E-state index in [2.05, 4.69) is 24.5 Å². The van der Waals surface area contributed by atoms with Gasteiger partial charge in [-0.2, -0.15) is 0 Å². The average Bonchev–Trinajstić information content (AvgIpc) is 2.80. The van der Waals surface area contributed by atoms with E-state index in [4.69, 9.17) is 23.7 Å². The largest absolute Gasteiger partial charge is 0.379 e. The van der Waals surface area contributed by atoms with E-state index in [9.17, 15) is 9.59 Å². The molecule has 1 saturated carbocycles. The molecule has 1 aliphatic carbocycles. The molecule has 0 aromatic heterocycles. The zero-order chi connectivity index (χ0) is 25.6. The number of ether oxygens (including phenoxy) is 5. The molecule has 206 valence electrons. The fourth-order valence-electron chi connectivity index (χ4n) is 3.51. The molecule has 0 saturated heterocycles. The van der Waals surface area contributed by atoms with Crippen molar-refractivity contribution >= 4 is 11.8 Å². The summed E-state index contributed by atoms with van der Waals surface area (Å²) in [6.07, 6.45) is 8.97.